The molecule has 0 saturated heterocycles. The summed E-state index contributed by atoms with van der Waals surface area (Å²) in [6, 6.07) is 7.35. The van der Waals surface area contributed by atoms with Gasteiger partial charge < -0.3 is 15.4 Å². The number of methoxy groups -OCH3 is 1. The molecule has 5 nitrogen and oxygen atoms in total. The average molecular weight is 464 g/mol. The molecule has 1 aromatic rings. The lowest BCUT2D eigenvalue weighted by Crippen LogP contribution is -2.43. The molecule has 0 bridgehead atoms. The van der Waals surface area contributed by atoms with E-state index in [-0.39, 0.29) is 29.8 Å². The number of aliphatic imine (C=N–C) groups is 1. The molecule has 1 fully saturated rings. The Labute approximate surface area is 167 Å². The molecular weight excluding hydrogens is 434 g/mol. The number of guanidine groups is 1. The molecule has 1 aliphatic rings. The molecule has 7 heteroatoms. The first kappa shape index (κ1) is 22.1. The molecule has 1 aliphatic carbocycles. The number of hydrogen-bond donors (Lipinski definition) is 2. The first-order valence-corrected chi connectivity index (χ1v) is 8.65. The topological polar surface area (TPSA) is 48.9 Å². The monoisotopic (exact) mass is 464 g/mol. The van der Waals surface area contributed by atoms with Gasteiger partial charge >= 0.3 is 0 Å². The van der Waals surface area contributed by atoms with Crippen molar-refractivity contribution in [2.45, 2.75) is 25.3 Å². The maximum Gasteiger partial charge on any atom is 0.191 e. The molecule has 25 heavy (non-hydrogen) atoms. The highest BCUT2D eigenvalue weighted by Crippen LogP contribution is 2.25. The van der Waals surface area contributed by atoms with E-state index in [1.165, 1.54) is 25.0 Å². The zero-order valence-electron chi connectivity index (χ0n) is 15.1. The summed E-state index contributed by atoms with van der Waals surface area (Å²) in [5.74, 6) is 0.609. The average Bonchev–Trinajstić information content (AvgIpc) is 3.43. The minimum absolute atomic E-state index is 0. The highest BCUT2D eigenvalue weighted by atomic mass is 127. The largest absolute Gasteiger partial charge is 0.383 e. The van der Waals surface area contributed by atoms with Crippen molar-refractivity contribution in [3.05, 3.63) is 35.6 Å². The normalized spacial score (nSPS) is 14.3. The van der Waals surface area contributed by atoms with Gasteiger partial charge in [0.1, 0.15) is 5.82 Å². The third kappa shape index (κ3) is 8.82. The zero-order valence-corrected chi connectivity index (χ0v) is 17.5. The Hall–Kier alpha value is -0.930. The number of nitrogens with zero attached hydrogens (tertiary/aromatic N) is 2. The lowest BCUT2D eigenvalue weighted by Gasteiger charge is -2.22. The van der Waals surface area contributed by atoms with Crippen LogP contribution >= 0.6 is 24.0 Å². The Kier molecular flexibility index (Phi) is 11.0. The van der Waals surface area contributed by atoms with E-state index >= 15 is 0 Å². The molecular formula is C18H30FIN4O. The molecule has 2 rings (SSSR count). The fourth-order valence-corrected chi connectivity index (χ4v) is 2.64. The van der Waals surface area contributed by atoms with Gasteiger partial charge in [-0.3, -0.25) is 9.89 Å². The van der Waals surface area contributed by atoms with Gasteiger partial charge in [0.25, 0.3) is 0 Å². The van der Waals surface area contributed by atoms with Gasteiger partial charge in [-0.2, -0.15) is 0 Å². The summed E-state index contributed by atoms with van der Waals surface area (Å²) in [4.78, 5) is 6.72. The van der Waals surface area contributed by atoms with Crippen LogP contribution in [-0.2, 0) is 11.2 Å². The smallest absolute Gasteiger partial charge is 0.191 e. The molecule has 1 saturated carbocycles. The SMILES string of the molecule is CN=C(NCCc1ccc(F)cc1)NCCN(CCOC)C1CC1.I. The van der Waals surface area contributed by atoms with Crippen molar-refractivity contribution in [3.8, 4) is 0 Å². The van der Waals surface area contributed by atoms with Crippen LogP contribution in [-0.4, -0.2) is 63.8 Å². The minimum Gasteiger partial charge on any atom is -0.383 e. The van der Waals surface area contributed by atoms with Crippen LogP contribution in [0.25, 0.3) is 0 Å². The molecule has 0 amide bonds. The molecule has 0 unspecified atom stereocenters. The van der Waals surface area contributed by atoms with Crippen LogP contribution in [0.5, 0.6) is 0 Å². The maximum atomic E-state index is 12.9. The van der Waals surface area contributed by atoms with Gasteiger partial charge in [0.2, 0.25) is 0 Å². The van der Waals surface area contributed by atoms with Crippen molar-refractivity contribution in [2.75, 3.05) is 46.9 Å². The van der Waals surface area contributed by atoms with Crippen molar-refractivity contribution < 1.29 is 9.13 Å². The van der Waals surface area contributed by atoms with E-state index in [0.29, 0.717) is 0 Å². The van der Waals surface area contributed by atoms with E-state index in [1.807, 2.05) is 12.1 Å². The van der Waals surface area contributed by atoms with Crippen molar-refractivity contribution in [1.29, 1.82) is 0 Å². The first-order chi connectivity index (χ1) is 11.7. The molecule has 0 heterocycles. The van der Waals surface area contributed by atoms with Gasteiger partial charge in [-0.05, 0) is 37.0 Å². The molecule has 0 atom stereocenters. The van der Waals surface area contributed by atoms with Crippen LogP contribution in [0.3, 0.4) is 0 Å². The second kappa shape index (κ2) is 12.4. The highest BCUT2D eigenvalue weighted by molar-refractivity contribution is 14.0. The second-order valence-corrected chi connectivity index (χ2v) is 6.06. The Morgan fingerprint density at radius 1 is 1.20 bits per heavy atom. The van der Waals surface area contributed by atoms with Gasteiger partial charge in [-0.1, -0.05) is 12.1 Å². The Morgan fingerprint density at radius 2 is 1.88 bits per heavy atom. The second-order valence-electron chi connectivity index (χ2n) is 6.06. The van der Waals surface area contributed by atoms with Gasteiger partial charge in [-0.25, -0.2) is 4.39 Å². The summed E-state index contributed by atoms with van der Waals surface area (Å²) in [5.41, 5.74) is 1.11. The van der Waals surface area contributed by atoms with E-state index in [2.05, 4.69) is 20.5 Å². The van der Waals surface area contributed by atoms with E-state index in [0.717, 1.165) is 56.8 Å². The first-order valence-electron chi connectivity index (χ1n) is 8.65. The van der Waals surface area contributed by atoms with Crippen LogP contribution in [0.4, 0.5) is 4.39 Å². The summed E-state index contributed by atoms with van der Waals surface area (Å²) in [6.07, 6.45) is 3.44. The molecule has 0 radical (unpaired) electrons. The van der Waals surface area contributed by atoms with Crippen LogP contribution in [0, 0.1) is 5.82 Å². The van der Waals surface area contributed by atoms with Gasteiger partial charge in [0.15, 0.2) is 5.96 Å². The summed E-state index contributed by atoms with van der Waals surface area (Å²) in [5, 5.41) is 6.65. The molecule has 0 aromatic heterocycles. The Morgan fingerprint density at radius 3 is 2.48 bits per heavy atom. The Balaban J connectivity index is 0.00000312. The van der Waals surface area contributed by atoms with Crippen LogP contribution in [0.15, 0.2) is 29.3 Å². The fourth-order valence-electron chi connectivity index (χ4n) is 2.64. The van der Waals surface area contributed by atoms with Crippen molar-refractivity contribution in [3.63, 3.8) is 0 Å². The molecule has 142 valence electrons. The van der Waals surface area contributed by atoms with E-state index in [1.54, 1.807) is 14.2 Å². The Bertz CT molecular complexity index is 508. The molecule has 1 aromatic carbocycles. The van der Waals surface area contributed by atoms with Gasteiger partial charge in [-0.15, -0.1) is 24.0 Å². The predicted molar refractivity (Wildman–Crippen MR) is 111 cm³/mol. The molecule has 0 aliphatic heterocycles. The van der Waals surface area contributed by atoms with E-state index in [4.69, 9.17) is 4.74 Å². The number of rotatable bonds is 10. The molecule has 2 N–H and O–H groups in total. The summed E-state index contributed by atoms with van der Waals surface area (Å²) >= 11 is 0. The summed E-state index contributed by atoms with van der Waals surface area (Å²) in [6.45, 7) is 4.38. The van der Waals surface area contributed by atoms with Gasteiger partial charge in [0, 0.05) is 46.4 Å². The summed E-state index contributed by atoms with van der Waals surface area (Å²) < 4.78 is 18.1. The van der Waals surface area contributed by atoms with Crippen molar-refractivity contribution in [1.82, 2.24) is 15.5 Å². The number of benzene rings is 1. The lowest BCUT2D eigenvalue weighted by atomic mass is 10.1. The van der Waals surface area contributed by atoms with E-state index < -0.39 is 0 Å². The standard InChI is InChI=1S/C18H29FN4O.HI/c1-20-18(21-10-9-15-3-5-16(19)6-4-15)22-11-12-23(13-14-24-2)17-7-8-17;/h3-6,17H,7-14H2,1-2H3,(H2,20,21,22);1H. The van der Waals surface area contributed by atoms with Crippen LogP contribution in [0.1, 0.15) is 18.4 Å². The number of halogens is 2. The van der Waals surface area contributed by atoms with Gasteiger partial charge in [0.05, 0.1) is 6.61 Å². The number of ether oxygens (including phenoxy) is 1. The van der Waals surface area contributed by atoms with Crippen molar-refractivity contribution in [2.24, 2.45) is 4.99 Å². The lowest BCUT2D eigenvalue weighted by molar-refractivity contribution is 0.144. The number of nitrogens with one attached hydrogen (secondary N) is 2. The highest BCUT2D eigenvalue weighted by Gasteiger charge is 2.28. The van der Waals surface area contributed by atoms with Crippen molar-refractivity contribution >= 4 is 29.9 Å². The zero-order chi connectivity index (χ0) is 17.2. The number of hydrogen-bond acceptors (Lipinski definition) is 3. The molecule has 0 spiro atoms. The maximum absolute atomic E-state index is 12.9. The predicted octanol–water partition coefficient (Wildman–Crippen LogP) is 2.26. The quantitative estimate of drug-likeness (QED) is 0.317. The van der Waals surface area contributed by atoms with Crippen LogP contribution in [0.2, 0.25) is 0 Å². The minimum atomic E-state index is -0.196. The third-order valence-electron chi connectivity index (χ3n) is 4.18. The van der Waals surface area contributed by atoms with Crippen LogP contribution < -0.4 is 10.6 Å². The fraction of sp³-hybridized carbons (Fsp3) is 0.611. The summed E-state index contributed by atoms with van der Waals surface area (Å²) in [7, 11) is 3.52. The third-order valence-corrected chi connectivity index (χ3v) is 4.18. The van der Waals surface area contributed by atoms with E-state index in [9.17, 15) is 4.39 Å².